The maximum absolute atomic E-state index is 11.8. The number of hydrogen-bond acceptors (Lipinski definition) is 7. The third kappa shape index (κ3) is 4.70. The second kappa shape index (κ2) is 10.7. The molecule has 0 saturated carbocycles. The number of pyridine rings is 1. The summed E-state index contributed by atoms with van der Waals surface area (Å²) in [7, 11) is 0. The Morgan fingerprint density at radius 3 is 2.48 bits per heavy atom. The zero-order valence-corrected chi connectivity index (χ0v) is 22.1. The zero-order valence-electron chi connectivity index (χ0n) is 22.1. The lowest BCUT2D eigenvalue weighted by atomic mass is 9.99. The van der Waals surface area contributed by atoms with Gasteiger partial charge in [0.25, 0.3) is 0 Å². The molecule has 4 aromatic rings. The van der Waals surface area contributed by atoms with E-state index in [0.29, 0.717) is 24.6 Å². The highest BCUT2D eigenvalue weighted by Gasteiger charge is 2.35. The van der Waals surface area contributed by atoms with Gasteiger partial charge in [-0.1, -0.05) is 18.7 Å². The molecule has 3 aromatic heterocycles. The molecule has 2 fully saturated rings. The van der Waals surface area contributed by atoms with E-state index in [2.05, 4.69) is 69.0 Å². The average molecular weight is 532 g/mol. The number of aromatic nitrogens is 4. The SMILES string of the molecule is C=CC(=O)N1CC(N2CCN(c3ccc(-c4cc(-c5cnn(CCC#N)c5)cn5ncc(C#N)c45)cc3)CC2)C1. The molecule has 200 valence electrons. The van der Waals surface area contributed by atoms with Crippen LogP contribution >= 0.6 is 0 Å². The molecule has 0 unspecified atom stereocenters. The topological polar surface area (TPSA) is 109 Å². The Morgan fingerprint density at radius 2 is 1.77 bits per heavy atom. The largest absolute Gasteiger partial charge is 0.369 e. The molecule has 0 aliphatic carbocycles. The molecule has 1 aromatic carbocycles. The number of carbonyl (C=O) groups is 1. The van der Waals surface area contributed by atoms with E-state index in [4.69, 9.17) is 5.26 Å². The zero-order chi connectivity index (χ0) is 27.6. The van der Waals surface area contributed by atoms with Crippen LogP contribution in [0.5, 0.6) is 0 Å². The first-order valence-corrected chi connectivity index (χ1v) is 13.4. The lowest BCUT2D eigenvalue weighted by Crippen LogP contribution is -2.64. The molecule has 1 amide bonds. The number of anilines is 1. The molecule has 0 bridgehead atoms. The first kappa shape index (κ1) is 25.4. The van der Waals surface area contributed by atoms with E-state index in [0.717, 1.165) is 67.0 Å². The maximum Gasteiger partial charge on any atom is 0.246 e. The van der Waals surface area contributed by atoms with Gasteiger partial charge in [-0.2, -0.15) is 20.7 Å². The van der Waals surface area contributed by atoms with Gasteiger partial charge in [0.2, 0.25) is 5.91 Å². The second-order valence-corrected chi connectivity index (χ2v) is 10.2. The number of likely N-dealkylation sites (tertiary alicyclic amines) is 1. The van der Waals surface area contributed by atoms with Gasteiger partial charge in [-0.15, -0.1) is 0 Å². The van der Waals surface area contributed by atoms with E-state index in [1.54, 1.807) is 21.6 Å². The maximum atomic E-state index is 11.8. The van der Waals surface area contributed by atoms with Gasteiger partial charge in [0, 0.05) is 80.1 Å². The summed E-state index contributed by atoms with van der Waals surface area (Å²) < 4.78 is 3.52. The summed E-state index contributed by atoms with van der Waals surface area (Å²) in [4.78, 5) is 18.5. The van der Waals surface area contributed by atoms with Crippen molar-refractivity contribution in [1.82, 2.24) is 29.2 Å². The Balaban J connectivity index is 1.21. The Labute approximate surface area is 232 Å². The van der Waals surface area contributed by atoms with Gasteiger partial charge in [0.15, 0.2) is 0 Å². The summed E-state index contributed by atoms with van der Waals surface area (Å²) in [5.74, 6) is 0.0151. The summed E-state index contributed by atoms with van der Waals surface area (Å²) in [6.45, 7) is 9.48. The van der Waals surface area contributed by atoms with E-state index in [1.165, 1.54) is 11.8 Å². The van der Waals surface area contributed by atoms with Gasteiger partial charge in [0.1, 0.15) is 6.07 Å². The standard InChI is InChI=1S/C30H29N9O/c1-2-29(40)37-20-27(21-37)36-12-10-35(11-13-36)26-6-4-22(5-7-26)28-14-23(19-39-30(28)24(15-32)16-34-39)25-17-33-38(18-25)9-3-8-31/h2,4-7,14,16-19,27H,1,3,9-13,20-21H2. The van der Waals surface area contributed by atoms with Crippen LogP contribution in [-0.4, -0.2) is 80.4 Å². The second-order valence-electron chi connectivity index (χ2n) is 10.2. The molecule has 5 heterocycles. The summed E-state index contributed by atoms with van der Waals surface area (Å²) in [5, 5.41) is 27.5. The lowest BCUT2D eigenvalue weighted by molar-refractivity contribution is -0.133. The number of carbonyl (C=O) groups excluding carboxylic acids is 1. The first-order valence-electron chi connectivity index (χ1n) is 13.4. The van der Waals surface area contributed by atoms with Crippen molar-refractivity contribution in [1.29, 1.82) is 10.5 Å². The fraction of sp³-hybridized carbons (Fsp3) is 0.300. The number of rotatable bonds is 7. The van der Waals surface area contributed by atoms with Gasteiger partial charge in [-0.3, -0.25) is 14.4 Å². The Morgan fingerprint density at radius 1 is 1.00 bits per heavy atom. The van der Waals surface area contributed by atoms with E-state index < -0.39 is 0 Å². The first-order chi connectivity index (χ1) is 19.6. The minimum absolute atomic E-state index is 0.0151. The molecule has 10 nitrogen and oxygen atoms in total. The number of piperazine rings is 1. The monoisotopic (exact) mass is 531 g/mol. The molecular weight excluding hydrogens is 502 g/mol. The Hall–Kier alpha value is -4.93. The van der Waals surface area contributed by atoms with Crippen LogP contribution in [0.1, 0.15) is 12.0 Å². The molecule has 6 rings (SSSR count). The number of nitrogens with zero attached hydrogens (tertiary/aromatic N) is 9. The minimum atomic E-state index is 0.0151. The molecule has 0 radical (unpaired) electrons. The highest BCUT2D eigenvalue weighted by atomic mass is 16.2. The van der Waals surface area contributed by atoms with Gasteiger partial charge in [-0.25, -0.2) is 4.52 Å². The van der Waals surface area contributed by atoms with Crippen LogP contribution in [0.2, 0.25) is 0 Å². The van der Waals surface area contributed by atoms with Gasteiger partial charge in [0.05, 0.1) is 42.5 Å². The molecule has 0 N–H and O–H groups in total. The van der Waals surface area contributed by atoms with Crippen molar-refractivity contribution in [3.8, 4) is 34.4 Å². The number of benzene rings is 1. The molecule has 10 heteroatoms. The Kier molecular flexibility index (Phi) is 6.77. The van der Waals surface area contributed by atoms with Crippen LogP contribution in [0.4, 0.5) is 5.69 Å². The van der Waals surface area contributed by atoms with Crippen LogP contribution in [0.3, 0.4) is 0 Å². The summed E-state index contributed by atoms with van der Waals surface area (Å²) in [6.07, 6.45) is 9.01. The van der Waals surface area contributed by atoms with Crippen molar-refractivity contribution in [2.75, 3.05) is 44.2 Å². The predicted octanol–water partition coefficient (Wildman–Crippen LogP) is 3.17. The van der Waals surface area contributed by atoms with Crippen molar-refractivity contribution >= 4 is 17.1 Å². The van der Waals surface area contributed by atoms with Gasteiger partial charge in [-0.05, 0) is 29.8 Å². The van der Waals surface area contributed by atoms with Gasteiger partial charge < -0.3 is 9.80 Å². The third-order valence-corrected chi connectivity index (χ3v) is 7.87. The smallest absolute Gasteiger partial charge is 0.246 e. The van der Waals surface area contributed by atoms with Crippen molar-refractivity contribution in [2.24, 2.45) is 0 Å². The number of hydrogen-bond donors (Lipinski definition) is 0. The van der Waals surface area contributed by atoms with E-state index in [9.17, 15) is 10.1 Å². The fourth-order valence-electron chi connectivity index (χ4n) is 5.57. The van der Waals surface area contributed by atoms with Crippen molar-refractivity contribution in [3.63, 3.8) is 0 Å². The van der Waals surface area contributed by atoms with Crippen LogP contribution < -0.4 is 4.90 Å². The summed E-state index contributed by atoms with van der Waals surface area (Å²) >= 11 is 0. The van der Waals surface area contributed by atoms with E-state index in [1.807, 2.05) is 17.3 Å². The van der Waals surface area contributed by atoms with Crippen LogP contribution in [0.15, 0.2) is 67.8 Å². The van der Waals surface area contributed by atoms with Crippen molar-refractivity contribution < 1.29 is 4.79 Å². The van der Waals surface area contributed by atoms with Crippen molar-refractivity contribution in [3.05, 3.63) is 73.3 Å². The molecule has 0 atom stereocenters. The fourth-order valence-corrected chi connectivity index (χ4v) is 5.57. The van der Waals surface area contributed by atoms with E-state index >= 15 is 0 Å². The number of aryl methyl sites for hydroxylation is 1. The Bertz CT molecular complexity index is 1640. The quantitative estimate of drug-likeness (QED) is 0.337. The van der Waals surface area contributed by atoms with E-state index in [-0.39, 0.29) is 5.91 Å². The molecule has 40 heavy (non-hydrogen) atoms. The molecular formula is C30H29N9O. The number of amides is 1. The summed E-state index contributed by atoms with van der Waals surface area (Å²) in [5.41, 5.74) is 6.25. The highest BCUT2D eigenvalue weighted by molar-refractivity contribution is 5.88. The van der Waals surface area contributed by atoms with Crippen molar-refractivity contribution in [2.45, 2.75) is 19.0 Å². The van der Waals surface area contributed by atoms with Gasteiger partial charge >= 0.3 is 0 Å². The van der Waals surface area contributed by atoms with Crippen LogP contribution in [0, 0.1) is 22.7 Å². The number of fused-ring (bicyclic) bond motifs is 1. The number of nitriles is 2. The molecule has 0 spiro atoms. The minimum Gasteiger partial charge on any atom is -0.369 e. The molecule has 2 saturated heterocycles. The normalized spacial score (nSPS) is 15.9. The average Bonchev–Trinajstić information content (AvgIpc) is 3.62. The molecule has 2 aliphatic rings. The highest BCUT2D eigenvalue weighted by Crippen LogP contribution is 2.33. The predicted molar refractivity (Wildman–Crippen MR) is 151 cm³/mol. The molecule has 2 aliphatic heterocycles. The lowest BCUT2D eigenvalue weighted by Gasteiger charge is -2.48. The third-order valence-electron chi connectivity index (χ3n) is 7.87. The summed E-state index contributed by atoms with van der Waals surface area (Å²) in [6, 6.07) is 15.4. The van der Waals surface area contributed by atoms with Crippen LogP contribution in [0.25, 0.3) is 27.8 Å². The van der Waals surface area contributed by atoms with Crippen LogP contribution in [-0.2, 0) is 11.3 Å².